The molecule has 0 spiro atoms. The minimum Gasteiger partial charge on any atom is -0.258 e. The van der Waals surface area contributed by atoms with Gasteiger partial charge in [-0.15, -0.1) is 0 Å². The minimum atomic E-state index is -0.493. The smallest absolute Gasteiger partial charge is 0.258 e. The number of benzene rings is 1. The topological polar surface area (TPSA) is 51.9 Å². The van der Waals surface area contributed by atoms with Gasteiger partial charge in [0, 0.05) is 17.7 Å². The average molecular weight is 213 g/mol. The number of rotatable bonds is 2. The Kier molecular flexibility index (Phi) is 3.37. The molecule has 0 N–H and O–H groups in total. The molecule has 0 aromatic heterocycles. The van der Waals surface area contributed by atoms with E-state index in [1.807, 2.05) is 0 Å². The molecule has 0 aliphatic rings. The number of hydrogen-bond donors (Lipinski definition) is 0. The Labute approximate surface area is 92.4 Å². The van der Waals surface area contributed by atoms with Crippen LogP contribution in [0.4, 0.5) is 5.69 Å². The van der Waals surface area contributed by atoms with Crippen molar-refractivity contribution in [2.45, 2.75) is 6.92 Å². The van der Waals surface area contributed by atoms with E-state index in [0.717, 1.165) is 0 Å². The van der Waals surface area contributed by atoms with Crippen LogP contribution in [-0.2, 0) is 0 Å². The van der Waals surface area contributed by atoms with Crippen LogP contribution in [0.1, 0.15) is 12.5 Å². The fraction of sp³-hybridized carbons (Fsp3) is 0.0909. The maximum Gasteiger partial charge on any atom is 0.522 e. The van der Waals surface area contributed by atoms with Gasteiger partial charge in [-0.05, 0) is 24.6 Å². The summed E-state index contributed by atoms with van der Waals surface area (Å²) in [6.07, 6.45) is 0. The van der Waals surface area contributed by atoms with Crippen molar-refractivity contribution >= 4 is 11.3 Å². The first kappa shape index (κ1) is 11.4. The lowest BCUT2D eigenvalue weighted by Crippen LogP contribution is -1.88. The van der Waals surface area contributed by atoms with Crippen LogP contribution in [0.25, 0.3) is 15.3 Å². The van der Waals surface area contributed by atoms with E-state index in [9.17, 15) is 10.1 Å². The van der Waals surface area contributed by atoms with E-state index >= 15 is 0 Å². The molecule has 1 rings (SSSR count). The third kappa shape index (κ3) is 2.23. The first-order valence-corrected chi connectivity index (χ1v) is 4.30. The van der Waals surface area contributed by atoms with Crippen LogP contribution in [0, 0.1) is 23.3 Å². The second kappa shape index (κ2) is 4.72. The molecule has 5 nitrogen and oxygen atoms in total. The highest BCUT2D eigenvalue weighted by Gasteiger charge is 2.12. The molecule has 16 heavy (non-hydrogen) atoms. The summed E-state index contributed by atoms with van der Waals surface area (Å²) in [6.45, 7) is 15.2. The average Bonchev–Trinajstić information content (AvgIpc) is 2.30. The van der Waals surface area contributed by atoms with Crippen molar-refractivity contribution in [1.29, 1.82) is 0 Å². The number of hydrogen-bond acceptors (Lipinski definition) is 2. The summed E-state index contributed by atoms with van der Waals surface area (Å²) in [5.74, 6) is -0.0196. The maximum atomic E-state index is 10.4. The van der Waals surface area contributed by atoms with Gasteiger partial charge in [0.25, 0.3) is 5.69 Å². The van der Waals surface area contributed by atoms with Gasteiger partial charge in [0.1, 0.15) is 13.1 Å². The Hall–Kier alpha value is -2.66. The summed E-state index contributed by atoms with van der Waals surface area (Å²) in [7, 11) is 0. The number of nitro benzene ring substituents is 1. The second-order valence-corrected chi connectivity index (χ2v) is 2.98. The van der Waals surface area contributed by atoms with Crippen molar-refractivity contribution in [3.8, 4) is 0 Å². The number of nitrogens with zero attached hydrogens (tertiary/aromatic N) is 3. The third-order valence-corrected chi connectivity index (χ3v) is 2.06. The third-order valence-electron chi connectivity index (χ3n) is 2.06. The zero-order valence-corrected chi connectivity index (χ0v) is 8.47. The van der Waals surface area contributed by atoms with Gasteiger partial charge in [0.05, 0.1) is 4.92 Å². The summed E-state index contributed by atoms with van der Waals surface area (Å²) in [6, 6.07) is 5.77. The molecular formula is C11H7N3O2. The zero-order valence-electron chi connectivity index (χ0n) is 8.47. The van der Waals surface area contributed by atoms with Crippen molar-refractivity contribution in [1.82, 2.24) is 0 Å². The van der Waals surface area contributed by atoms with Gasteiger partial charge in [-0.1, -0.05) is 0 Å². The van der Waals surface area contributed by atoms with Crippen molar-refractivity contribution < 1.29 is 4.92 Å². The lowest BCUT2D eigenvalue weighted by molar-refractivity contribution is -0.384. The van der Waals surface area contributed by atoms with Crippen LogP contribution >= 0.6 is 0 Å². The molecule has 0 aliphatic heterocycles. The fourth-order valence-electron chi connectivity index (χ4n) is 1.15. The Morgan fingerprint density at radius 1 is 1.25 bits per heavy atom. The quantitative estimate of drug-likeness (QED) is 0.430. The highest BCUT2D eigenvalue weighted by Crippen LogP contribution is 2.22. The number of nitro groups is 1. The Bertz CT molecular complexity index is 514. The Morgan fingerprint density at radius 3 is 2.12 bits per heavy atom. The Morgan fingerprint density at radius 2 is 1.75 bits per heavy atom. The van der Waals surface area contributed by atoms with E-state index in [0.29, 0.717) is 11.1 Å². The number of allylic oxidation sites excluding steroid dienone is 1. The number of non-ortho nitro benzene ring substituents is 1. The summed E-state index contributed by atoms with van der Waals surface area (Å²) in [4.78, 5) is 16.1. The first-order chi connectivity index (χ1) is 7.60. The van der Waals surface area contributed by atoms with E-state index in [-0.39, 0.29) is 11.5 Å². The minimum absolute atomic E-state index is 0.0104. The fourth-order valence-corrected chi connectivity index (χ4v) is 1.15. The van der Waals surface area contributed by atoms with Gasteiger partial charge in [-0.3, -0.25) is 10.1 Å². The maximum absolute atomic E-state index is 10.4. The molecule has 0 bridgehead atoms. The molecule has 0 unspecified atom stereocenters. The molecule has 0 atom stereocenters. The normalized spacial score (nSPS) is 8.69. The molecule has 0 fully saturated rings. The van der Waals surface area contributed by atoms with Gasteiger partial charge in [-0.2, -0.15) is 9.69 Å². The molecule has 0 heterocycles. The summed E-state index contributed by atoms with van der Waals surface area (Å²) in [5, 5.41) is 10.4. The molecule has 0 amide bonds. The standard InChI is InChI=1S/C11H7N3O2/c1-8(11(12-2)13-3)9-4-6-10(7-5-9)14(15)16/h4-7H,1H3. The highest BCUT2D eigenvalue weighted by molar-refractivity contribution is 5.70. The summed E-state index contributed by atoms with van der Waals surface area (Å²) >= 11 is 0. The van der Waals surface area contributed by atoms with E-state index < -0.39 is 4.92 Å². The van der Waals surface area contributed by atoms with E-state index in [1.165, 1.54) is 24.3 Å². The van der Waals surface area contributed by atoms with Crippen LogP contribution < -0.4 is 0 Å². The zero-order chi connectivity index (χ0) is 12.1. The summed E-state index contributed by atoms with van der Waals surface area (Å²) < 4.78 is 0. The predicted molar refractivity (Wildman–Crippen MR) is 58.9 cm³/mol. The highest BCUT2D eigenvalue weighted by atomic mass is 16.6. The molecular weight excluding hydrogens is 206 g/mol. The SMILES string of the molecule is [C-]#[N+]C([N+]#[C-])=C(C)c1ccc([N+](=O)[O-])cc1. The largest absolute Gasteiger partial charge is 0.522 e. The molecule has 0 saturated carbocycles. The molecule has 0 radical (unpaired) electrons. The molecule has 1 aromatic carbocycles. The molecule has 1 aromatic rings. The lowest BCUT2D eigenvalue weighted by atomic mass is 10.1. The Balaban J connectivity index is 3.19. The van der Waals surface area contributed by atoms with Gasteiger partial charge < -0.3 is 0 Å². The van der Waals surface area contributed by atoms with Crippen LogP contribution in [0.15, 0.2) is 30.1 Å². The first-order valence-electron chi connectivity index (χ1n) is 4.30. The van der Waals surface area contributed by atoms with Gasteiger partial charge in [0.2, 0.25) is 0 Å². The molecule has 78 valence electrons. The van der Waals surface area contributed by atoms with Crippen LogP contribution in [0.5, 0.6) is 0 Å². The summed E-state index contributed by atoms with van der Waals surface area (Å²) in [5.41, 5.74) is 1.16. The van der Waals surface area contributed by atoms with Gasteiger partial charge >= 0.3 is 5.82 Å². The van der Waals surface area contributed by atoms with E-state index in [1.54, 1.807) is 6.92 Å². The van der Waals surface area contributed by atoms with Crippen LogP contribution in [0.2, 0.25) is 0 Å². The molecule has 0 aliphatic carbocycles. The van der Waals surface area contributed by atoms with E-state index in [4.69, 9.17) is 13.1 Å². The molecule has 0 saturated heterocycles. The predicted octanol–water partition coefficient (Wildman–Crippen LogP) is 3.12. The van der Waals surface area contributed by atoms with Gasteiger partial charge in [-0.25, -0.2) is 0 Å². The lowest BCUT2D eigenvalue weighted by Gasteiger charge is -1.97. The van der Waals surface area contributed by atoms with Crippen molar-refractivity contribution in [3.63, 3.8) is 0 Å². The van der Waals surface area contributed by atoms with Crippen molar-refractivity contribution in [2.24, 2.45) is 0 Å². The van der Waals surface area contributed by atoms with Crippen LogP contribution in [0.3, 0.4) is 0 Å². The second-order valence-electron chi connectivity index (χ2n) is 2.98. The van der Waals surface area contributed by atoms with Crippen molar-refractivity contribution in [3.05, 3.63) is 68.6 Å². The monoisotopic (exact) mass is 213 g/mol. The van der Waals surface area contributed by atoms with Gasteiger partial charge in [0.15, 0.2) is 0 Å². The van der Waals surface area contributed by atoms with Crippen molar-refractivity contribution in [2.75, 3.05) is 0 Å². The molecule has 5 heteroatoms. The van der Waals surface area contributed by atoms with E-state index in [2.05, 4.69) is 9.69 Å². The van der Waals surface area contributed by atoms with Crippen LogP contribution in [-0.4, -0.2) is 4.92 Å².